The molecule has 1 fully saturated rings. The van der Waals surface area contributed by atoms with Crippen molar-refractivity contribution in [1.82, 2.24) is 10.3 Å². The lowest BCUT2D eigenvalue weighted by Gasteiger charge is -2.20. The molecule has 9 nitrogen and oxygen atoms in total. The van der Waals surface area contributed by atoms with Crippen LogP contribution in [-0.4, -0.2) is 35.4 Å². The van der Waals surface area contributed by atoms with Gasteiger partial charge >= 0.3 is 0 Å². The van der Waals surface area contributed by atoms with Gasteiger partial charge in [-0.15, -0.1) is 0 Å². The van der Waals surface area contributed by atoms with E-state index in [4.69, 9.17) is 5.84 Å². The van der Waals surface area contributed by atoms with Crippen LogP contribution < -0.4 is 21.5 Å². The van der Waals surface area contributed by atoms with E-state index in [1.54, 1.807) is 4.90 Å². The highest BCUT2D eigenvalue weighted by Crippen LogP contribution is 2.23. The quantitative estimate of drug-likeness (QED) is 0.386. The van der Waals surface area contributed by atoms with E-state index >= 15 is 0 Å². The zero-order valence-electron chi connectivity index (χ0n) is 10.1. The highest BCUT2D eigenvalue weighted by atomic mass is 16.6. The third kappa shape index (κ3) is 3.07. The molecule has 1 aromatic heterocycles. The molecule has 0 radical (unpaired) electrons. The van der Waals surface area contributed by atoms with E-state index in [0.717, 1.165) is 6.42 Å². The predicted molar refractivity (Wildman–Crippen MR) is 68.5 cm³/mol. The standard InChI is InChI=1S/C10H14N6O3/c11-14-8-4-7(16(18)19)5-9(13-8)15-3-1-2-12-10(17)6-15/h4-5H,1-3,6,11H2,(H,12,17)(H,13,14). The molecular formula is C10H14N6O3. The van der Waals surface area contributed by atoms with Crippen LogP contribution in [0.3, 0.4) is 0 Å². The van der Waals surface area contributed by atoms with Gasteiger partial charge in [-0.3, -0.25) is 14.9 Å². The summed E-state index contributed by atoms with van der Waals surface area (Å²) in [6.07, 6.45) is 0.751. The van der Waals surface area contributed by atoms with Gasteiger partial charge < -0.3 is 15.6 Å². The summed E-state index contributed by atoms with van der Waals surface area (Å²) in [7, 11) is 0. The van der Waals surface area contributed by atoms with Crippen LogP contribution in [0.5, 0.6) is 0 Å². The van der Waals surface area contributed by atoms with Gasteiger partial charge in [-0.2, -0.15) is 0 Å². The fourth-order valence-electron chi connectivity index (χ4n) is 1.84. The number of carbonyl (C=O) groups excluding carboxylic acids is 1. The average molecular weight is 266 g/mol. The summed E-state index contributed by atoms with van der Waals surface area (Å²) in [6.45, 7) is 1.31. The number of nitrogens with one attached hydrogen (secondary N) is 2. The molecule has 0 aromatic carbocycles. The monoisotopic (exact) mass is 266 g/mol. The van der Waals surface area contributed by atoms with Crippen molar-refractivity contribution in [2.75, 3.05) is 30.0 Å². The fourth-order valence-corrected chi connectivity index (χ4v) is 1.84. The first-order valence-electron chi connectivity index (χ1n) is 5.75. The van der Waals surface area contributed by atoms with E-state index in [0.29, 0.717) is 18.9 Å². The summed E-state index contributed by atoms with van der Waals surface area (Å²) < 4.78 is 0. The number of pyridine rings is 1. The van der Waals surface area contributed by atoms with Gasteiger partial charge in [-0.05, 0) is 6.42 Å². The summed E-state index contributed by atoms with van der Waals surface area (Å²) in [5, 5.41) is 13.6. The van der Waals surface area contributed by atoms with Crippen molar-refractivity contribution < 1.29 is 9.72 Å². The van der Waals surface area contributed by atoms with Crippen molar-refractivity contribution in [2.45, 2.75) is 6.42 Å². The fraction of sp³-hybridized carbons (Fsp3) is 0.400. The smallest absolute Gasteiger partial charge is 0.276 e. The van der Waals surface area contributed by atoms with Gasteiger partial charge in [0.15, 0.2) is 0 Å². The molecule has 0 spiro atoms. The first-order valence-corrected chi connectivity index (χ1v) is 5.75. The highest BCUT2D eigenvalue weighted by molar-refractivity contribution is 5.81. The maximum absolute atomic E-state index is 11.5. The van der Waals surface area contributed by atoms with Gasteiger partial charge in [-0.1, -0.05) is 0 Å². The maximum atomic E-state index is 11.5. The van der Waals surface area contributed by atoms with Crippen molar-refractivity contribution in [1.29, 1.82) is 0 Å². The minimum Gasteiger partial charge on any atom is -0.354 e. The van der Waals surface area contributed by atoms with Crippen LogP contribution in [0.2, 0.25) is 0 Å². The van der Waals surface area contributed by atoms with Crippen LogP contribution in [-0.2, 0) is 4.79 Å². The molecule has 19 heavy (non-hydrogen) atoms. The van der Waals surface area contributed by atoms with E-state index in [1.165, 1.54) is 12.1 Å². The molecule has 4 N–H and O–H groups in total. The number of hydrogen-bond acceptors (Lipinski definition) is 7. The number of amides is 1. The number of nitrogens with two attached hydrogens (primary N) is 1. The van der Waals surface area contributed by atoms with E-state index in [-0.39, 0.29) is 24.0 Å². The van der Waals surface area contributed by atoms with Crippen LogP contribution in [0.25, 0.3) is 0 Å². The number of anilines is 2. The van der Waals surface area contributed by atoms with Crippen molar-refractivity contribution in [3.63, 3.8) is 0 Å². The second-order valence-corrected chi connectivity index (χ2v) is 4.10. The molecule has 2 rings (SSSR count). The van der Waals surface area contributed by atoms with Crippen LogP contribution in [0.1, 0.15) is 6.42 Å². The van der Waals surface area contributed by atoms with Crippen molar-refractivity contribution in [3.8, 4) is 0 Å². The number of aromatic nitrogens is 1. The molecule has 0 unspecified atom stereocenters. The average Bonchev–Trinajstić information content (AvgIpc) is 2.62. The van der Waals surface area contributed by atoms with Crippen LogP contribution >= 0.6 is 0 Å². The number of rotatable bonds is 3. The molecule has 0 aliphatic carbocycles. The Hall–Kier alpha value is -2.42. The number of hydrazine groups is 1. The van der Waals surface area contributed by atoms with Gasteiger partial charge in [0.1, 0.15) is 11.6 Å². The number of hydrogen-bond donors (Lipinski definition) is 3. The molecule has 0 bridgehead atoms. The van der Waals surface area contributed by atoms with Gasteiger partial charge in [0.05, 0.1) is 23.6 Å². The zero-order chi connectivity index (χ0) is 13.8. The molecule has 1 saturated heterocycles. The molecule has 1 aromatic rings. The minimum absolute atomic E-state index is 0.123. The molecule has 1 aliphatic heterocycles. The molecular weight excluding hydrogens is 252 g/mol. The van der Waals surface area contributed by atoms with Gasteiger partial charge in [0.25, 0.3) is 5.69 Å². The lowest BCUT2D eigenvalue weighted by atomic mass is 10.3. The number of carbonyl (C=O) groups is 1. The summed E-state index contributed by atoms with van der Waals surface area (Å²) in [6, 6.07) is 2.57. The summed E-state index contributed by atoms with van der Waals surface area (Å²) in [5.41, 5.74) is 2.16. The summed E-state index contributed by atoms with van der Waals surface area (Å²) in [4.78, 5) is 27.6. The van der Waals surface area contributed by atoms with Gasteiger partial charge in [-0.25, -0.2) is 10.8 Å². The maximum Gasteiger partial charge on any atom is 0.276 e. The third-order valence-corrected chi connectivity index (χ3v) is 2.74. The highest BCUT2D eigenvalue weighted by Gasteiger charge is 2.19. The normalized spacial score (nSPS) is 15.6. The Balaban J connectivity index is 2.34. The van der Waals surface area contributed by atoms with Gasteiger partial charge in [0, 0.05) is 13.1 Å². The first kappa shape index (κ1) is 13.0. The van der Waals surface area contributed by atoms with Crippen molar-refractivity contribution in [3.05, 3.63) is 22.2 Å². The Kier molecular flexibility index (Phi) is 3.76. The van der Waals surface area contributed by atoms with E-state index in [1.807, 2.05) is 0 Å². The van der Waals surface area contributed by atoms with Gasteiger partial charge in [0.2, 0.25) is 5.91 Å². The Labute approximate surface area is 108 Å². The minimum atomic E-state index is -0.524. The third-order valence-electron chi connectivity index (χ3n) is 2.74. The van der Waals surface area contributed by atoms with Crippen LogP contribution in [0, 0.1) is 10.1 Å². The number of nitrogens with zero attached hydrogens (tertiary/aromatic N) is 3. The Morgan fingerprint density at radius 3 is 3.00 bits per heavy atom. The lowest BCUT2D eigenvalue weighted by Crippen LogP contribution is -2.33. The second kappa shape index (κ2) is 5.48. The molecule has 0 saturated carbocycles. The predicted octanol–water partition coefficient (Wildman–Crippen LogP) is -0.398. The SMILES string of the molecule is NNc1cc([N+](=O)[O-])cc(N2CCCNC(=O)C2)n1. The Bertz CT molecular complexity index is 506. The van der Waals surface area contributed by atoms with Crippen molar-refractivity contribution >= 4 is 23.2 Å². The second-order valence-electron chi connectivity index (χ2n) is 4.10. The Morgan fingerprint density at radius 1 is 1.53 bits per heavy atom. The summed E-state index contributed by atoms with van der Waals surface area (Å²) >= 11 is 0. The van der Waals surface area contributed by atoms with E-state index in [2.05, 4.69) is 15.7 Å². The molecule has 2 heterocycles. The number of nitro groups is 1. The molecule has 9 heteroatoms. The molecule has 102 valence electrons. The first-order chi connectivity index (χ1) is 9.10. The topological polar surface area (TPSA) is 126 Å². The van der Waals surface area contributed by atoms with Crippen LogP contribution in [0.15, 0.2) is 12.1 Å². The Morgan fingerprint density at radius 2 is 2.32 bits per heavy atom. The van der Waals surface area contributed by atoms with E-state index in [9.17, 15) is 14.9 Å². The van der Waals surface area contributed by atoms with Crippen molar-refractivity contribution in [2.24, 2.45) is 5.84 Å². The molecule has 0 atom stereocenters. The number of nitrogen functional groups attached to an aromatic ring is 1. The lowest BCUT2D eigenvalue weighted by molar-refractivity contribution is -0.384. The van der Waals surface area contributed by atoms with Crippen LogP contribution in [0.4, 0.5) is 17.3 Å². The largest absolute Gasteiger partial charge is 0.354 e. The van der Waals surface area contributed by atoms with E-state index < -0.39 is 4.92 Å². The summed E-state index contributed by atoms with van der Waals surface area (Å²) in [5.74, 6) is 5.66. The zero-order valence-corrected chi connectivity index (χ0v) is 10.1. The molecule has 1 amide bonds. The molecule has 1 aliphatic rings.